The van der Waals surface area contributed by atoms with Crippen LogP contribution in [0.2, 0.25) is 0 Å². The Bertz CT molecular complexity index is 900. The van der Waals surface area contributed by atoms with E-state index in [0.29, 0.717) is 12.6 Å². The Kier molecular flexibility index (Phi) is 5.07. The normalized spacial score (nSPS) is 15.8. The van der Waals surface area contributed by atoms with Crippen molar-refractivity contribution in [3.63, 3.8) is 0 Å². The summed E-state index contributed by atoms with van der Waals surface area (Å²) in [4.78, 5) is 27.0. The van der Waals surface area contributed by atoms with Crippen LogP contribution in [0.5, 0.6) is 0 Å². The van der Waals surface area contributed by atoms with E-state index in [-0.39, 0.29) is 17.9 Å². The van der Waals surface area contributed by atoms with E-state index in [4.69, 9.17) is 0 Å². The van der Waals surface area contributed by atoms with Gasteiger partial charge in [-0.2, -0.15) is 0 Å². The third-order valence-corrected chi connectivity index (χ3v) is 5.38. The first-order valence-electron chi connectivity index (χ1n) is 10.0. The van der Waals surface area contributed by atoms with Gasteiger partial charge in [0.1, 0.15) is 0 Å². The van der Waals surface area contributed by atoms with Gasteiger partial charge in [0.05, 0.1) is 0 Å². The molecule has 28 heavy (non-hydrogen) atoms. The summed E-state index contributed by atoms with van der Waals surface area (Å²) in [6.45, 7) is 4.63. The number of nitrogens with one attached hydrogen (secondary N) is 2. The van der Waals surface area contributed by atoms with Gasteiger partial charge in [0.15, 0.2) is 0 Å². The van der Waals surface area contributed by atoms with Crippen molar-refractivity contribution in [2.24, 2.45) is 5.92 Å². The molecule has 0 saturated heterocycles. The van der Waals surface area contributed by atoms with E-state index in [1.807, 2.05) is 36.1 Å². The fourth-order valence-electron chi connectivity index (χ4n) is 3.37. The summed E-state index contributed by atoms with van der Waals surface area (Å²) in [6, 6.07) is 14.2. The molecule has 5 heteroatoms. The van der Waals surface area contributed by atoms with Crippen LogP contribution in [0.25, 0.3) is 0 Å². The number of benzene rings is 2. The molecule has 0 atom stereocenters. The predicted molar refractivity (Wildman–Crippen MR) is 111 cm³/mol. The van der Waals surface area contributed by atoms with Crippen molar-refractivity contribution in [2.45, 2.75) is 52.1 Å². The second-order valence-corrected chi connectivity index (χ2v) is 8.07. The summed E-state index contributed by atoms with van der Waals surface area (Å²) in [5, 5.41) is 6.01. The quantitative estimate of drug-likeness (QED) is 0.756. The molecule has 2 aliphatic carbocycles. The van der Waals surface area contributed by atoms with Crippen molar-refractivity contribution in [1.29, 1.82) is 0 Å². The van der Waals surface area contributed by atoms with Gasteiger partial charge in [0.25, 0.3) is 0 Å². The number of rotatable bonds is 6. The molecule has 0 aromatic heterocycles. The summed E-state index contributed by atoms with van der Waals surface area (Å²) >= 11 is 0. The van der Waals surface area contributed by atoms with Crippen LogP contribution in [0.4, 0.5) is 16.2 Å². The molecule has 2 aromatic carbocycles. The lowest BCUT2D eigenvalue weighted by Gasteiger charge is -2.24. The highest BCUT2D eigenvalue weighted by atomic mass is 16.2. The molecule has 2 aromatic rings. The molecule has 0 heterocycles. The maximum absolute atomic E-state index is 13.0. The molecule has 2 N–H and O–H groups in total. The number of amides is 3. The van der Waals surface area contributed by atoms with E-state index < -0.39 is 0 Å². The van der Waals surface area contributed by atoms with E-state index in [1.54, 1.807) is 0 Å². The molecule has 0 unspecified atom stereocenters. The average Bonchev–Trinajstić information content (AvgIpc) is 3.55. The van der Waals surface area contributed by atoms with E-state index in [0.717, 1.165) is 48.2 Å². The molecule has 0 aliphatic heterocycles. The van der Waals surface area contributed by atoms with Crippen LogP contribution in [0, 0.1) is 19.8 Å². The fraction of sp³-hybridized carbons (Fsp3) is 0.391. The minimum absolute atomic E-state index is 0.0696. The molecule has 0 bridgehead atoms. The number of carbonyl (C=O) groups is 2. The molecule has 0 radical (unpaired) electrons. The molecular formula is C23H27N3O2. The van der Waals surface area contributed by atoms with Crippen molar-refractivity contribution < 1.29 is 9.59 Å². The predicted octanol–water partition coefficient (Wildman–Crippen LogP) is 4.85. The van der Waals surface area contributed by atoms with Gasteiger partial charge in [-0.05, 0) is 62.8 Å². The lowest BCUT2D eigenvalue weighted by molar-refractivity contribution is -0.117. The Morgan fingerprint density at radius 2 is 1.79 bits per heavy atom. The Morgan fingerprint density at radius 3 is 2.46 bits per heavy atom. The Morgan fingerprint density at radius 1 is 1.00 bits per heavy atom. The van der Waals surface area contributed by atoms with E-state index >= 15 is 0 Å². The van der Waals surface area contributed by atoms with Gasteiger partial charge in [-0.1, -0.05) is 35.9 Å². The van der Waals surface area contributed by atoms with Crippen molar-refractivity contribution in [1.82, 2.24) is 4.90 Å². The standard InChI is InChI=1S/C23H27N3O2/c1-15-4-3-5-17(12-15)14-26(20-10-11-20)23(28)25-21-13-19(9-6-16(21)2)24-22(27)18-7-8-18/h3-6,9,12-13,18,20H,7-8,10-11,14H2,1-2H3,(H,24,27)(H,25,28). The number of carbonyl (C=O) groups excluding carboxylic acids is 2. The maximum Gasteiger partial charge on any atom is 0.322 e. The van der Waals surface area contributed by atoms with Gasteiger partial charge in [-0.3, -0.25) is 4.79 Å². The van der Waals surface area contributed by atoms with E-state index in [2.05, 4.69) is 35.8 Å². The zero-order chi connectivity index (χ0) is 19.7. The van der Waals surface area contributed by atoms with Crippen LogP contribution in [0.15, 0.2) is 42.5 Å². The summed E-state index contributed by atoms with van der Waals surface area (Å²) in [7, 11) is 0. The van der Waals surface area contributed by atoms with Crippen LogP contribution < -0.4 is 10.6 Å². The molecule has 2 saturated carbocycles. The highest BCUT2D eigenvalue weighted by Gasteiger charge is 2.33. The van der Waals surface area contributed by atoms with Crippen LogP contribution >= 0.6 is 0 Å². The number of anilines is 2. The number of nitrogens with zero attached hydrogens (tertiary/aromatic N) is 1. The molecule has 3 amide bonds. The third kappa shape index (κ3) is 4.53. The monoisotopic (exact) mass is 377 g/mol. The summed E-state index contributed by atoms with van der Waals surface area (Å²) in [5.41, 5.74) is 4.79. The number of hydrogen-bond acceptors (Lipinski definition) is 2. The highest BCUT2D eigenvalue weighted by Crippen LogP contribution is 2.32. The zero-order valence-corrected chi connectivity index (χ0v) is 16.5. The minimum atomic E-state index is -0.0854. The molecule has 146 valence electrons. The summed E-state index contributed by atoms with van der Waals surface area (Å²) in [5.74, 6) is 0.221. The van der Waals surface area contributed by atoms with Crippen LogP contribution in [-0.4, -0.2) is 22.9 Å². The molecule has 0 spiro atoms. The fourth-order valence-corrected chi connectivity index (χ4v) is 3.37. The van der Waals surface area contributed by atoms with Gasteiger partial charge < -0.3 is 15.5 Å². The van der Waals surface area contributed by atoms with Gasteiger partial charge in [0.2, 0.25) is 5.91 Å². The molecule has 5 nitrogen and oxygen atoms in total. The second kappa shape index (κ2) is 7.66. The average molecular weight is 377 g/mol. The lowest BCUT2D eigenvalue weighted by Crippen LogP contribution is -2.36. The largest absolute Gasteiger partial charge is 0.326 e. The van der Waals surface area contributed by atoms with Crippen molar-refractivity contribution in [3.8, 4) is 0 Å². The van der Waals surface area contributed by atoms with Crippen molar-refractivity contribution in [2.75, 3.05) is 10.6 Å². The zero-order valence-electron chi connectivity index (χ0n) is 16.5. The minimum Gasteiger partial charge on any atom is -0.326 e. The molecule has 2 fully saturated rings. The van der Waals surface area contributed by atoms with Gasteiger partial charge in [0, 0.05) is 29.9 Å². The lowest BCUT2D eigenvalue weighted by atomic mass is 10.1. The van der Waals surface area contributed by atoms with Gasteiger partial charge >= 0.3 is 6.03 Å². The Labute approximate surface area is 166 Å². The van der Waals surface area contributed by atoms with Gasteiger partial charge in [-0.15, -0.1) is 0 Å². The smallest absolute Gasteiger partial charge is 0.322 e. The number of urea groups is 1. The Hall–Kier alpha value is -2.82. The first-order chi connectivity index (χ1) is 13.5. The maximum atomic E-state index is 13.0. The molecule has 2 aliphatic rings. The van der Waals surface area contributed by atoms with Crippen molar-refractivity contribution in [3.05, 3.63) is 59.2 Å². The second-order valence-electron chi connectivity index (χ2n) is 8.07. The van der Waals surface area contributed by atoms with Crippen LogP contribution in [0.3, 0.4) is 0 Å². The first kappa shape index (κ1) is 18.5. The highest BCUT2D eigenvalue weighted by molar-refractivity contribution is 5.96. The first-order valence-corrected chi connectivity index (χ1v) is 10.0. The van der Waals surface area contributed by atoms with Crippen LogP contribution in [0.1, 0.15) is 42.4 Å². The van der Waals surface area contributed by atoms with E-state index in [9.17, 15) is 9.59 Å². The topological polar surface area (TPSA) is 61.4 Å². The third-order valence-electron chi connectivity index (χ3n) is 5.38. The van der Waals surface area contributed by atoms with Gasteiger partial charge in [-0.25, -0.2) is 4.79 Å². The molecule has 4 rings (SSSR count). The Balaban J connectivity index is 1.46. The summed E-state index contributed by atoms with van der Waals surface area (Å²) in [6.07, 6.45) is 4.04. The SMILES string of the molecule is Cc1cccc(CN(C(=O)Nc2cc(NC(=O)C3CC3)ccc2C)C2CC2)c1. The van der Waals surface area contributed by atoms with Crippen molar-refractivity contribution >= 4 is 23.3 Å². The molecular weight excluding hydrogens is 350 g/mol. The van der Waals surface area contributed by atoms with E-state index in [1.165, 1.54) is 5.56 Å². The van der Waals surface area contributed by atoms with Crippen LogP contribution in [-0.2, 0) is 11.3 Å². The summed E-state index contributed by atoms with van der Waals surface area (Å²) < 4.78 is 0. The number of aryl methyl sites for hydroxylation is 2. The number of hydrogen-bond donors (Lipinski definition) is 2.